The second kappa shape index (κ2) is 7.26. The number of halogens is 3. The average molecular weight is 326 g/mol. The standard InChI is InChI=1S/C17H18Cl2FN/c1-11-4-3-5-13(8-11)6-7-21-12(2)14-9-17(20)16(19)10-15(14)18/h3-5,8-10,12,21H,6-7H2,1-2H3. The molecule has 0 aliphatic carbocycles. The van der Waals surface area contributed by atoms with E-state index in [2.05, 4.69) is 36.5 Å². The summed E-state index contributed by atoms with van der Waals surface area (Å²) in [5.41, 5.74) is 3.26. The Morgan fingerprint density at radius 1 is 1.14 bits per heavy atom. The third kappa shape index (κ3) is 4.44. The van der Waals surface area contributed by atoms with Crippen molar-refractivity contribution in [3.05, 3.63) is 69.0 Å². The molecule has 0 bridgehead atoms. The summed E-state index contributed by atoms with van der Waals surface area (Å²) in [6.07, 6.45) is 0.916. The predicted molar refractivity (Wildman–Crippen MR) is 87.7 cm³/mol. The first-order chi connectivity index (χ1) is 9.97. The van der Waals surface area contributed by atoms with Gasteiger partial charge in [0.15, 0.2) is 0 Å². The molecule has 1 atom stereocenters. The quantitative estimate of drug-likeness (QED) is 0.732. The van der Waals surface area contributed by atoms with Crippen molar-refractivity contribution < 1.29 is 4.39 Å². The lowest BCUT2D eigenvalue weighted by atomic mass is 10.1. The number of benzene rings is 2. The van der Waals surface area contributed by atoms with E-state index in [4.69, 9.17) is 23.2 Å². The summed E-state index contributed by atoms with van der Waals surface area (Å²) in [6.45, 7) is 4.84. The SMILES string of the molecule is Cc1cccc(CCNC(C)c2cc(F)c(Cl)cc2Cl)c1. The van der Waals surface area contributed by atoms with Gasteiger partial charge in [-0.05, 0) is 50.1 Å². The number of hydrogen-bond acceptors (Lipinski definition) is 1. The van der Waals surface area contributed by atoms with Gasteiger partial charge in [0.2, 0.25) is 0 Å². The van der Waals surface area contributed by atoms with Crippen LogP contribution in [-0.4, -0.2) is 6.54 Å². The topological polar surface area (TPSA) is 12.0 Å². The van der Waals surface area contributed by atoms with E-state index in [0.29, 0.717) is 5.02 Å². The van der Waals surface area contributed by atoms with Crippen molar-refractivity contribution in [1.82, 2.24) is 5.32 Å². The summed E-state index contributed by atoms with van der Waals surface area (Å²) in [5, 5.41) is 3.90. The van der Waals surface area contributed by atoms with Crippen LogP contribution in [0.15, 0.2) is 36.4 Å². The molecule has 21 heavy (non-hydrogen) atoms. The van der Waals surface area contributed by atoms with E-state index in [1.165, 1.54) is 23.3 Å². The van der Waals surface area contributed by atoms with Gasteiger partial charge in [0.25, 0.3) is 0 Å². The number of aryl methyl sites for hydroxylation is 1. The fourth-order valence-corrected chi connectivity index (χ4v) is 2.83. The first-order valence-electron chi connectivity index (χ1n) is 6.90. The van der Waals surface area contributed by atoms with E-state index < -0.39 is 5.82 Å². The molecule has 1 N–H and O–H groups in total. The van der Waals surface area contributed by atoms with Gasteiger partial charge in [-0.3, -0.25) is 0 Å². The van der Waals surface area contributed by atoms with Crippen molar-refractivity contribution in [3.63, 3.8) is 0 Å². The molecule has 0 saturated heterocycles. The van der Waals surface area contributed by atoms with E-state index >= 15 is 0 Å². The van der Waals surface area contributed by atoms with Gasteiger partial charge in [0.1, 0.15) is 5.82 Å². The molecule has 0 saturated carbocycles. The van der Waals surface area contributed by atoms with Gasteiger partial charge in [-0.25, -0.2) is 4.39 Å². The van der Waals surface area contributed by atoms with E-state index in [0.717, 1.165) is 18.5 Å². The molecular formula is C17H18Cl2FN. The first kappa shape index (κ1) is 16.3. The van der Waals surface area contributed by atoms with Gasteiger partial charge in [-0.15, -0.1) is 0 Å². The Morgan fingerprint density at radius 2 is 1.90 bits per heavy atom. The van der Waals surface area contributed by atoms with E-state index in [1.807, 2.05) is 6.92 Å². The third-order valence-corrected chi connectivity index (χ3v) is 4.07. The lowest BCUT2D eigenvalue weighted by molar-refractivity contribution is 0.567. The Hall–Kier alpha value is -1.09. The monoisotopic (exact) mass is 325 g/mol. The highest BCUT2D eigenvalue weighted by Gasteiger charge is 2.12. The van der Waals surface area contributed by atoms with Crippen molar-refractivity contribution >= 4 is 23.2 Å². The number of hydrogen-bond donors (Lipinski definition) is 1. The van der Waals surface area contributed by atoms with Gasteiger partial charge in [0, 0.05) is 11.1 Å². The molecule has 0 aliphatic rings. The maximum atomic E-state index is 13.5. The molecule has 0 amide bonds. The molecule has 0 radical (unpaired) electrons. The summed E-state index contributed by atoms with van der Waals surface area (Å²) in [5.74, 6) is -0.441. The van der Waals surface area contributed by atoms with Crippen molar-refractivity contribution in [2.24, 2.45) is 0 Å². The zero-order chi connectivity index (χ0) is 15.4. The highest BCUT2D eigenvalue weighted by atomic mass is 35.5. The van der Waals surface area contributed by atoms with Crippen LogP contribution in [-0.2, 0) is 6.42 Å². The molecule has 0 aliphatic heterocycles. The van der Waals surface area contributed by atoms with E-state index in [1.54, 1.807) is 0 Å². The molecular weight excluding hydrogens is 308 g/mol. The maximum Gasteiger partial charge on any atom is 0.142 e. The molecule has 2 aromatic carbocycles. The highest BCUT2D eigenvalue weighted by Crippen LogP contribution is 2.28. The highest BCUT2D eigenvalue weighted by molar-refractivity contribution is 6.35. The van der Waals surface area contributed by atoms with Crippen LogP contribution in [0.2, 0.25) is 10.0 Å². The minimum atomic E-state index is -0.441. The minimum Gasteiger partial charge on any atom is -0.310 e. The van der Waals surface area contributed by atoms with Crippen LogP contribution in [0.25, 0.3) is 0 Å². The fraction of sp³-hybridized carbons (Fsp3) is 0.294. The predicted octanol–water partition coefficient (Wildman–Crippen LogP) is 5.33. The summed E-state index contributed by atoms with van der Waals surface area (Å²) in [4.78, 5) is 0. The fourth-order valence-electron chi connectivity index (χ4n) is 2.28. The van der Waals surface area contributed by atoms with Crippen LogP contribution in [0.3, 0.4) is 0 Å². The Labute approximate surface area is 135 Å². The zero-order valence-corrected chi connectivity index (χ0v) is 13.6. The Bertz CT molecular complexity index is 628. The lowest BCUT2D eigenvalue weighted by Gasteiger charge is -2.16. The van der Waals surface area contributed by atoms with Gasteiger partial charge >= 0.3 is 0 Å². The second-order valence-electron chi connectivity index (χ2n) is 5.20. The second-order valence-corrected chi connectivity index (χ2v) is 6.02. The van der Waals surface area contributed by atoms with Crippen LogP contribution in [0, 0.1) is 12.7 Å². The molecule has 1 unspecified atom stereocenters. The van der Waals surface area contributed by atoms with Crippen molar-refractivity contribution in [2.75, 3.05) is 6.54 Å². The van der Waals surface area contributed by atoms with Crippen LogP contribution < -0.4 is 5.32 Å². The Balaban J connectivity index is 1.96. The summed E-state index contributed by atoms with van der Waals surface area (Å²) in [6, 6.07) is 11.2. The normalized spacial score (nSPS) is 12.4. The molecule has 112 valence electrons. The van der Waals surface area contributed by atoms with Crippen molar-refractivity contribution in [1.29, 1.82) is 0 Å². The molecule has 0 aromatic heterocycles. The van der Waals surface area contributed by atoms with Crippen molar-refractivity contribution in [3.8, 4) is 0 Å². The Kier molecular flexibility index (Phi) is 5.63. The van der Waals surface area contributed by atoms with Crippen LogP contribution >= 0.6 is 23.2 Å². The number of rotatable bonds is 5. The molecule has 0 heterocycles. The van der Waals surface area contributed by atoms with E-state index in [9.17, 15) is 4.39 Å². The van der Waals surface area contributed by atoms with Crippen LogP contribution in [0.5, 0.6) is 0 Å². The lowest BCUT2D eigenvalue weighted by Crippen LogP contribution is -2.21. The molecule has 2 aromatic rings. The summed E-state index contributed by atoms with van der Waals surface area (Å²) >= 11 is 11.8. The smallest absolute Gasteiger partial charge is 0.142 e. The molecule has 2 rings (SSSR count). The maximum absolute atomic E-state index is 13.5. The largest absolute Gasteiger partial charge is 0.310 e. The van der Waals surface area contributed by atoms with Crippen LogP contribution in [0.4, 0.5) is 4.39 Å². The van der Waals surface area contributed by atoms with Gasteiger partial charge in [-0.1, -0.05) is 53.0 Å². The Morgan fingerprint density at radius 3 is 2.62 bits per heavy atom. The zero-order valence-electron chi connectivity index (χ0n) is 12.1. The summed E-state index contributed by atoms with van der Waals surface area (Å²) in [7, 11) is 0. The molecule has 0 fully saturated rings. The van der Waals surface area contributed by atoms with Gasteiger partial charge < -0.3 is 5.32 Å². The first-order valence-corrected chi connectivity index (χ1v) is 7.66. The van der Waals surface area contributed by atoms with Gasteiger partial charge in [0.05, 0.1) is 5.02 Å². The van der Waals surface area contributed by atoms with Crippen LogP contribution in [0.1, 0.15) is 29.7 Å². The third-order valence-electron chi connectivity index (χ3n) is 3.45. The number of nitrogens with one attached hydrogen (secondary N) is 1. The van der Waals surface area contributed by atoms with Crippen molar-refractivity contribution in [2.45, 2.75) is 26.3 Å². The van der Waals surface area contributed by atoms with Gasteiger partial charge in [-0.2, -0.15) is 0 Å². The minimum absolute atomic E-state index is 0.0333. The summed E-state index contributed by atoms with van der Waals surface area (Å²) < 4.78 is 13.5. The van der Waals surface area contributed by atoms with E-state index in [-0.39, 0.29) is 11.1 Å². The molecule has 0 spiro atoms. The molecule has 4 heteroatoms. The average Bonchev–Trinajstić information content (AvgIpc) is 2.43. The molecule has 1 nitrogen and oxygen atoms in total.